The lowest BCUT2D eigenvalue weighted by molar-refractivity contribution is -0.128. The second-order valence-corrected chi connectivity index (χ2v) is 10.4. The van der Waals surface area contributed by atoms with E-state index >= 15 is 0 Å². The molecule has 1 saturated heterocycles. The van der Waals surface area contributed by atoms with Crippen molar-refractivity contribution < 1.29 is 14.7 Å². The van der Waals surface area contributed by atoms with Crippen LogP contribution in [-0.2, 0) is 11.2 Å². The van der Waals surface area contributed by atoms with Crippen molar-refractivity contribution in [3.8, 4) is 0 Å². The standard InChI is InChI=1S/C24H33N3O3S2/c1-2-3-4-5-6-7-18-8-10-19(11-9-18)25-16-20-12-13-22(28)27(20)14-15-31-24-26-21(17-32-24)23(29)30/h8-11,17,20,25H,2-7,12-16H2,1H3,(H,29,30)/t20-/m1/s1. The summed E-state index contributed by atoms with van der Waals surface area (Å²) in [7, 11) is 0. The predicted molar refractivity (Wildman–Crippen MR) is 132 cm³/mol. The number of anilines is 1. The number of thioether (sulfide) groups is 1. The summed E-state index contributed by atoms with van der Waals surface area (Å²) in [5.74, 6) is -0.1000. The molecule has 0 radical (unpaired) electrons. The van der Waals surface area contributed by atoms with Gasteiger partial charge < -0.3 is 15.3 Å². The molecule has 8 heteroatoms. The van der Waals surface area contributed by atoms with Crippen molar-refractivity contribution in [1.82, 2.24) is 9.88 Å². The second kappa shape index (κ2) is 12.8. The average molecular weight is 476 g/mol. The number of benzene rings is 1. The van der Waals surface area contributed by atoms with Gasteiger partial charge in [-0.25, -0.2) is 9.78 Å². The molecule has 1 amide bonds. The van der Waals surface area contributed by atoms with E-state index in [0.717, 1.165) is 29.4 Å². The molecule has 1 aromatic carbocycles. The monoisotopic (exact) mass is 475 g/mol. The van der Waals surface area contributed by atoms with E-state index in [9.17, 15) is 9.59 Å². The van der Waals surface area contributed by atoms with Crippen molar-refractivity contribution in [2.45, 2.75) is 68.7 Å². The Balaban J connectivity index is 1.40. The molecule has 1 atom stereocenters. The van der Waals surface area contributed by atoms with Crippen molar-refractivity contribution in [2.75, 3.05) is 24.2 Å². The Hall–Kier alpha value is -2.06. The molecule has 174 valence electrons. The normalized spacial score (nSPS) is 16.0. The molecule has 3 rings (SSSR count). The first kappa shape index (κ1) is 24.6. The quantitative estimate of drug-likeness (QED) is 0.275. The van der Waals surface area contributed by atoms with E-state index in [1.54, 1.807) is 5.38 Å². The molecule has 6 nitrogen and oxygen atoms in total. The fourth-order valence-corrected chi connectivity index (χ4v) is 5.73. The largest absolute Gasteiger partial charge is 0.476 e. The number of carbonyl (C=O) groups is 2. The van der Waals surface area contributed by atoms with Gasteiger partial charge in [0.1, 0.15) is 0 Å². The van der Waals surface area contributed by atoms with Crippen LogP contribution in [0.5, 0.6) is 0 Å². The number of carboxylic acids is 1. The lowest BCUT2D eigenvalue weighted by atomic mass is 10.1. The topological polar surface area (TPSA) is 82.5 Å². The van der Waals surface area contributed by atoms with Gasteiger partial charge in [-0.3, -0.25) is 4.79 Å². The van der Waals surface area contributed by atoms with Gasteiger partial charge in [-0.2, -0.15) is 0 Å². The Morgan fingerprint density at radius 3 is 2.75 bits per heavy atom. The van der Waals surface area contributed by atoms with E-state index < -0.39 is 5.97 Å². The number of carbonyl (C=O) groups excluding carboxylic acids is 1. The fourth-order valence-electron chi connectivity index (χ4n) is 3.92. The predicted octanol–water partition coefficient (Wildman–Crippen LogP) is 5.55. The SMILES string of the molecule is CCCCCCCc1ccc(NC[C@H]2CCC(=O)N2CCSc2nc(C(=O)O)cs2)cc1. The number of hydrogen-bond acceptors (Lipinski definition) is 6. The molecule has 0 bridgehead atoms. The molecule has 0 saturated carbocycles. The Bertz CT molecular complexity index is 870. The highest BCUT2D eigenvalue weighted by molar-refractivity contribution is 8.01. The van der Waals surface area contributed by atoms with E-state index in [1.165, 1.54) is 60.8 Å². The van der Waals surface area contributed by atoms with Crippen LogP contribution in [-0.4, -0.2) is 51.8 Å². The molecular weight excluding hydrogens is 442 g/mol. The van der Waals surface area contributed by atoms with Crippen LogP contribution in [0.4, 0.5) is 5.69 Å². The van der Waals surface area contributed by atoms with E-state index in [2.05, 4.69) is 41.5 Å². The third kappa shape index (κ3) is 7.52. The Kier molecular flexibility index (Phi) is 9.87. The molecule has 1 aromatic heterocycles. The summed E-state index contributed by atoms with van der Waals surface area (Å²) in [5.41, 5.74) is 2.56. The molecule has 0 aliphatic carbocycles. The number of aromatic carboxylic acids is 1. The lowest BCUT2D eigenvalue weighted by Gasteiger charge is -2.25. The van der Waals surface area contributed by atoms with Gasteiger partial charge in [-0.05, 0) is 37.0 Å². The Morgan fingerprint density at radius 2 is 2.03 bits per heavy atom. The van der Waals surface area contributed by atoms with Crippen LogP contribution >= 0.6 is 23.1 Å². The van der Waals surface area contributed by atoms with Gasteiger partial charge in [0.05, 0.1) is 0 Å². The summed E-state index contributed by atoms with van der Waals surface area (Å²) in [5, 5.41) is 14.0. The summed E-state index contributed by atoms with van der Waals surface area (Å²) in [6, 6.07) is 8.87. The maximum atomic E-state index is 12.3. The van der Waals surface area contributed by atoms with Crippen molar-refractivity contribution in [1.29, 1.82) is 0 Å². The maximum absolute atomic E-state index is 12.3. The zero-order valence-corrected chi connectivity index (χ0v) is 20.3. The van der Waals surface area contributed by atoms with E-state index in [-0.39, 0.29) is 17.6 Å². The summed E-state index contributed by atoms with van der Waals surface area (Å²) < 4.78 is 0.731. The number of aromatic nitrogens is 1. The smallest absolute Gasteiger partial charge is 0.355 e. The summed E-state index contributed by atoms with van der Waals surface area (Å²) in [6.07, 6.45) is 9.10. The van der Waals surface area contributed by atoms with Crippen molar-refractivity contribution in [3.63, 3.8) is 0 Å². The molecule has 1 aliphatic rings. The highest BCUT2D eigenvalue weighted by Gasteiger charge is 2.30. The van der Waals surface area contributed by atoms with Crippen molar-refractivity contribution >= 4 is 40.7 Å². The van der Waals surface area contributed by atoms with Crippen LogP contribution in [0.15, 0.2) is 34.0 Å². The number of aryl methyl sites for hydroxylation is 1. The van der Waals surface area contributed by atoms with Gasteiger partial charge in [-0.1, -0.05) is 56.5 Å². The number of likely N-dealkylation sites (tertiary alicyclic amines) is 1. The van der Waals surface area contributed by atoms with Gasteiger partial charge in [0.25, 0.3) is 0 Å². The van der Waals surface area contributed by atoms with Crippen LogP contribution in [0.3, 0.4) is 0 Å². The Labute approximate surface area is 198 Å². The van der Waals surface area contributed by atoms with Gasteiger partial charge in [0.15, 0.2) is 10.0 Å². The van der Waals surface area contributed by atoms with Crippen LogP contribution in [0.25, 0.3) is 0 Å². The average Bonchev–Trinajstić information content (AvgIpc) is 3.40. The van der Waals surface area contributed by atoms with Crippen LogP contribution in [0.2, 0.25) is 0 Å². The molecule has 2 heterocycles. The fraction of sp³-hybridized carbons (Fsp3) is 0.542. The van der Waals surface area contributed by atoms with Crippen LogP contribution in [0, 0.1) is 0 Å². The van der Waals surface area contributed by atoms with E-state index in [0.29, 0.717) is 18.7 Å². The lowest BCUT2D eigenvalue weighted by Crippen LogP contribution is -2.39. The number of amides is 1. The number of carboxylic acid groups (broad SMARTS) is 1. The molecule has 2 N–H and O–H groups in total. The highest BCUT2D eigenvalue weighted by atomic mass is 32.2. The summed E-state index contributed by atoms with van der Waals surface area (Å²) >= 11 is 2.84. The molecule has 32 heavy (non-hydrogen) atoms. The van der Waals surface area contributed by atoms with Gasteiger partial charge in [0.2, 0.25) is 5.91 Å². The number of nitrogens with one attached hydrogen (secondary N) is 1. The van der Waals surface area contributed by atoms with Crippen LogP contribution < -0.4 is 5.32 Å². The maximum Gasteiger partial charge on any atom is 0.355 e. The minimum Gasteiger partial charge on any atom is -0.476 e. The third-order valence-corrected chi connectivity index (χ3v) is 7.78. The number of unbranched alkanes of at least 4 members (excludes halogenated alkanes) is 4. The van der Waals surface area contributed by atoms with Crippen molar-refractivity contribution in [3.05, 3.63) is 40.9 Å². The number of hydrogen-bond donors (Lipinski definition) is 2. The number of thiazole rings is 1. The first-order valence-corrected chi connectivity index (χ1v) is 13.4. The Morgan fingerprint density at radius 1 is 1.25 bits per heavy atom. The van der Waals surface area contributed by atoms with Gasteiger partial charge >= 0.3 is 5.97 Å². The molecule has 1 aliphatic heterocycles. The molecule has 0 unspecified atom stereocenters. The van der Waals surface area contributed by atoms with Crippen molar-refractivity contribution in [2.24, 2.45) is 0 Å². The second-order valence-electron chi connectivity index (χ2n) is 8.17. The minimum atomic E-state index is -1.01. The molecule has 0 spiro atoms. The summed E-state index contributed by atoms with van der Waals surface area (Å²) in [6.45, 7) is 3.63. The highest BCUT2D eigenvalue weighted by Crippen LogP contribution is 2.25. The zero-order valence-electron chi connectivity index (χ0n) is 18.7. The summed E-state index contributed by atoms with van der Waals surface area (Å²) in [4.78, 5) is 29.3. The molecule has 2 aromatic rings. The number of nitrogens with zero attached hydrogens (tertiary/aromatic N) is 2. The van der Waals surface area contributed by atoms with E-state index in [1.807, 2.05) is 4.90 Å². The zero-order chi connectivity index (χ0) is 22.8. The molecular formula is C24H33N3O3S2. The minimum absolute atomic E-state index is 0.0827. The first-order valence-electron chi connectivity index (χ1n) is 11.5. The first-order chi connectivity index (χ1) is 15.6. The van der Waals surface area contributed by atoms with Gasteiger partial charge in [-0.15, -0.1) is 11.3 Å². The van der Waals surface area contributed by atoms with Gasteiger partial charge in [0, 0.05) is 42.4 Å². The van der Waals surface area contributed by atoms with E-state index in [4.69, 9.17) is 5.11 Å². The van der Waals surface area contributed by atoms with Crippen LogP contribution in [0.1, 0.15) is 67.9 Å². The molecule has 1 fully saturated rings. The third-order valence-electron chi connectivity index (χ3n) is 5.78. The number of rotatable bonds is 14.